The first-order chi connectivity index (χ1) is 9.69. The van der Waals surface area contributed by atoms with Gasteiger partial charge in [-0.3, -0.25) is 4.98 Å². The zero-order valence-corrected chi connectivity index (χ0v) is 11.7. The minimum absolute atomic E-state index is 0.239. The molecular weight excluding hydrogens is 277 g/mol. The minimum atomic E-state index is -0.378. The van der Waals surface area contributed by atoms with E-state index in [4.69, 9.17) is 16.3 Å². The molecule has 0 saturated carbocycles. The van der Waals surface area contributed by atoms with Gasteiger partial charge in [0.2, 0.25) is 0 Å². The summed E-state index contributed by atoms with van der Waals surface area (Å²) in [6.45, 7) is 2.22. The molecular formula is C16H13ClFNO. The Morgan fingerprint density at radius 3 is 2.90 bits per heavy atom. The van der Waals surface area contributed by atoms with Gasteiger partial charge in [0.15, 0.2) is 0 Å². The number of hydrogen-bond donors (Lipinski definition) is 0. The quantitative estimate of drug-likeness (QED) is 0.635. The highest BCUT2D eigenvalue weighted by Crippen LogP contribution is 2.20. The molecule has 20 heavy (non-hydrogen) atoms. The van der Waals surface area contributed by atoms with Crippen LogP contribution < -0.4 is 4.74 Å². The molecule has 4 heteroatoms. The normalized spacial score (nSPS) is 9.75. The summed E-state index contributed by atoms with van der Waals surface area (Å²) in [6.07, 6.45) is 2.73. The highest BCUT2D eigenvalue weighted by atomic mass is 35.5. The molecule has 1 heterocycles. The van der Waals surface area contributed by atoms with Crippen molar-refractivity contribution < 1.29 is 9.13 Å². The van der Waals surface area contributed by atoms with Crippen molar-refractivity contribution in [3.05, 3.63) is 59.2 Å². The summed E-state index contributed by atoms with van der Waals surface area (Å²) >= 11 is 5.57. The van der Waals surface area contributed by atoms with Gasteiger partial charge >= 0.3 is 0 Å². The SMILES string of the molecule is Cc1ccc(OCc2cncc(F)c2)c(C#CCCl)c1. The van der Waals surface area contributed by atoms with Gasteiger partial charge in [-0.05, 0) is 30.7 Å². The van der Waals surface area contributed by atoms with Gasteiger partial charge in [0.1, 0.15) is 18.2 Å². The molecule has 2 aromatic rings. The summed E-state index contributed by atoms with van der Waals surface area (Å²) in [6, 6.07) is 7.11. The smallest absolute Gasteiger partial charge is 0.141 e. The van der Waals surface area contributed by atoms with Gasteiger partial charge in [-0.2, -0.15) is 0 Å². The van der Waals surface area contributed by atoms with E-state index in [1.807, 2.05) is 25.1 Å². The average Bonchev–Trinajstić information content (AvgIpc) is 2.44. The Labute approximate surface area is 122 Å². The zero-order valence-electron chi connectivity index (χ0n) is 11.0. The van der Waals surface area contributed by atoms with Crippen LogP contribution in [0.15, 0.2) is 36.7 Å². The Morgan fingerprint density at radius 1 is 1.30 bits per heavy atom. The molecule has 2 nitrogen and oxygen atoms in total. The summed E-state index contributed by atoms with van der Waals surface area (Å²) in [5.74, 6) is 6.30. The van der Waals surface area contributed by atoms with Gasteiger partial charge in [0.05, 0.1) is 17.6 Å². The van der Waals surface area contributed by atoms with Crippen molar-refractivity contribution in [3.8, 4) is 17.6 Å². The highest BCUT2D eigenvalue weighted by Gasteiger charge is 2.03. The largest absolute Gasteiger partial charge is 0.488 e. The monoisotopic (exact) mass is 289 g/mol. The first-order valence-electron chi connectivity index (χ1n) is 6.07. The summed E-state index contributed by atoms with van der Waals surface area (Å²) < 4.78 is 18.7. The lowest BCUT2D eigenvalue weighted by Gasteiger charge is -2.09. The van der Waals surface area contributed by atoms with E-state index >= 15 is 0 Å². The molecule has 1 aromatic carbocycles. The molecule has 0 fully saturated rings. The molecule has 0 N–H and O–H groups in total. The predicted octanol–water partition coefficient (Wildman–Crippen LogP) is 3.70. The molecule has 0 spiro atoms. The van der Waals surface area contributed by atoms with Crippen LogP contribution in [0.4, 0.5) is 4.39 Å². The fraction of sp³-hybridized carbons (Fsp3) is 0.188. The molecule has 1 aromatic heterocycles. The molecule has 0 aliphatic rings. The molecule has 0 aliphatic carbocycles. The van der Waals surface area contributed by atoms with Crippen molar-refractivity contribution in [2.45, 2.75) is 13.5 Å². The van der Waals surface area contributed by atoms with E-state index in [1.165, 1.54) is 6.07 Å². The van der Waals surface area contributed by atoms with E-state index in [9.17, 15) is 4.39 Å². The van der Waals surface area contributed by atoms with Crippen LogP contribution in [0.25, 0.3) is 0 Å². The molecule has 0 amide bonds. The Morgan fingerprint density at radius 2 is 2.15 bits per heavy atom. The Bertz CT molecular complexity index is 661. The van der Waals surface area contributed by atoms with E-state index in [1.54, 1.807) is 6.20 Å². The van der Waals surface area contributed by atoms with Crippen LogP contribution >= 0.6 is 11.6 Å². The van der Waals surface area contributed by atoms with Gasteiger partial charge in [-0.1, -0.05) is 17.9 Å². The Balaban J connectivity index is 2.16. The lowest BCUT2D eigenvalue weighted by molar-refractivity contribution is 0.304. The second kappa shape index (κ2) is 6.93. The van der Waals surface area contributed by atoms with Gasteiger partial charge in [0, 0.05) is 11.8 Å². The number of rotatable bonds is 3. The Kier molecular flexibility index (Phi) is 4.97. The fourth-order valence-electron chi connectivity index (χ4n) is 1.69. The van der Waals surface area contributed by atoms with Gasteiger partial charge in [-0.25, -0.2) is 4.39 Å². The third-order valence-electron chi connectivity index (χ3n) is 2.58. The second-order valence-corrected chi connectivity index (χ2v) is 4.50. The zero-order chi connectivity index (χ0) is 14.4. The highest BCUT2D eigenvalue weighted by molar-refractivity contribution is 6.19. The topological polar surface area (TPSA) is 22.1 Å². The van der Waals surface area contributed by atoms with E-state index < -0.39 is 0 Å². The number of aryl methyl sites for hydroxylation is 1. The third-order valence-corrected chi connectivity index (χ3v) is 2.71. The number of alkyl halides is 1. The number of pyridine rings is 1. The first kappa shape index (κ1) is 14.4. The molecule has 0 aliphatic heterocycles. The van der Waals surface area contributed by atoms with Gasteiger partial charge in [-0.15, -0.1) is 11.6 Å². The molecule has 2 rings (SSSR count). The van der Waals surface area contributed by atoms with Crippen molar-refractivity contribution in [2.75, 3.05) is 5.88 Å². The molecule has 0 saturated heterocycles. The van der Waals surface area contributed by atoms with Crippen LogP contribution in [-0.4, -0.2) is 10.9 Å². The second-order valence-electron chi connectivity index (χ2n) is 4.24. The molecule has 0 unspecified atom stereocenters. The van der Waals surface area contributed by atoms with Crippen molar-refractivity contribution in [1.82, 2.24) is 4.98 Å². The van der Waals surface area contributed by atoms with E-state index in [-0.39, 0.29) is 18.3 Å². The van der Waals surface area contributed by atoms with E-state index in [0.717, 1.165) is 17.3 Å². The number of hydrogen-bond acceptors (Lipinski definition) is 2. The first-order valence-corrected chi connectivity index (χ1v) is 6.60. The molecule has 0 atom stereocenters. The summed E-state index contributed by atoms with van der Waals surface area (Å²) in [7, 11) is 0. The van der Waals surface area contributed by atoms with Crippen LogP contribution in [0.2, 0.25) is 0 Å². The summed E-state index contributed by atoms with van der Waals surface area (Å²) in [5, 5.41) is 0. The van der Waals surface area contributed by atoms with Crippen LogP contribution in [0.1, 0.15) is 16.7 Å². The lowest BCUT2D eigenvalue weighted by Crippen LogP contribution is -1.99. The molecule has 102 valence electrons. The standard InChI is InChI=1S/C16H13ClFNO/c1-12-4-5-16(14(7-12)3-2-6-17)20-11-13-8-15(18)10-19-9-13/h4-5,7-10H,6,11H2,1H3. The number of nitrogens with zero attached hydrogens (tertiary/aromatic N) is 1. The van der Waals surface area contributed by atoms with Crippen LogP contribution in [0.5, 0.6) is 5.75 Å². The van der Waals surface area contributed by atoms with Gasteiger partial charge < -0.3 is 4.74 Å². The summed E-state index contributed by atoms with van der Waals surface area (Å²) in [4.78, 5) is 3.78. The lowest BCUT2D eigenvalue weighted by atomic mass is 10.1. The number of halogens is 2. The van der Waals surface area contributed by atoms with E-state index in [2.05, 4.69) is 16.8 Å². The number of ether oxygens (including phenoxy) is 1. The molecule has 0 bridgehead atoms. The number of benzene rings is 1. The van der Waals surface area contributed by atoms with Crippen LogP contribution in [-0.2, 0) is 6.61 Å². The van der Waals surface area contributed by atoms with Gasteiger partial charge in [0.25, 0.3) is 0 Å². The number of aromatic nitrogens is 1. The third kappa shape index (κ3) is 3.97. The van der Waals surface area contributed by atoms with Crippen LogP contribution in [0.3, 0.4) is 0 Å². The minimum Gasteiger partial charge on any atom is -0.488 e. The summed E-state index contributed by atoms with van der Waals surface area (Å²) in [5.41, 5.74) is 2.53. The van der Waals surface area contributed by atoms with Crippen molar-refractivity contribution >= 4 is 11.6 Å². The van der Waals surface area contributed by atoms with E-state index in [0.29, 0.717) is 11.3 Å². The maximum absolute atomic E-state index is 13.0. The fourth-order valence-corrected chi connectivity index (χ4v) is 1.76. The van der Waals surface area contributed by atoms with Crippen molar-refractivity contribution in [1.29, 1.82) is 0 Å². The molecule has 0 radical (unpaired) electrons. The van der Waals surface area contributed by atoms with Crippen molar-refractivity contribution in [3.63, 3.8) is 0 Å². The maximum atomic E-state index is 13.0. The maximum Gasteiger partial charge on any atom is 0.141 e. The predicted molar refractivity (Wildman–Crippen MR) is 77.3 cm³/mol. The Hall–Kier alpha value is -2.05. The van der Waals surface area contributed by atoms with Crippen molar-refractivity contribution in [2.24, 2.45) is 0 Å². The average molecular weight is 290 g/mol. The van der Waals surface area contributed by atoms with Crippen LogP contribution in [0, 0.1) is 24.6 Å².